The largest absolute Gasteiger partial charge is 0.486 e. The number of carbonyl (C=O) groups excluding carboxylic acids is 1. The van der Waals surface area contributed by atoms with Gasteiger partial charge in [-0.2, -0.15) is 0 Å². The maximum atomic E-state index is 12.8. The van der Waals surface area contributed by atoms with E-state index in [1.807, 2.05) is 37.3 Å². The van der Waals surface area contributed by atoms with Crippen molar-refractivity contribution in [2.75, 3.05) is 35.7 Å². The van der Waals surface area contributed by atoms with Crippen LogP contribution in [0, 0.1) is 0 Å². The number of rotatable bonds is 3. The van der Waals surface area contributed by atoms with Crippen molar-refractivity contribution in [2.45, 2.75) is 25.8 Å². The molecule has 0 aromatic heterocycles. The van der Waals surface area contributed by atoms with E-state index < -0.39 is 0 Å². The molecule has 3 N–H and O–H groups in total. The molecule has 136 valence electrons. The van der Waals surface area contributed by atoms with Crippen LogP contribution in [0.3, 0.4) is 0 Å². The maximum absolute atomic E-state index is 12.8. The van der Waals surface area contributed by atoms with Gasteiger partial charge in [-0.3, -0.25) is 4.79 Å². The first-order valence-electron chi connectivity index (χ1n) is 8.98. The molecule has 0 aliphatic carbocycles. The third-order valence-electron chi connectivity index (χ3n) is 4.98. The van der Waals surface area contributed by atoms with Crippen molar-refractivity contribution < 1.29 is 14.3 Å². The summed E-state index contributed by atoms with van der Waals surface area (Å²) in [7, 11) is 0. The van der Waals surface area contributed by atoms with Gasteiger partial charge >= 0.3 is 0 Å². The summed E-state index contributed by atoms with van der Waals surface area (Å²) < 4.78 is 11.1. The fraction of sp³-hybridized carbons (Fsp3) is 0.350. The number of anilines is 3. The molecule has 0 bridgehead atoms. The molecule has 6 heteroatoms. The van der Waals surface area contributed by atoms with Crippen molar-refractivity contribution >= 4 is 23.0 Å². The molecule has 0 fully saturated rings. The van der Waals surface area contributed by atoms with Crippen molar-refractivity contribution in [3.63, 3.8) is 0 Å². The lowest BCUT2D eigenvalue weighted by molar-refractivity contribution is -0.117. The number of amides is 1. The Morgan fingerprint density at radius 2 is 2.00 bits per heavy atom. The fourth-order valence-corrected chi connectivity index (χ4v) is 3.59. The van der Waals surface area contributed by atoms with E-state index >= 15 is 0 Å². The van der Waals surface area contributed by atoms with Crippen LogP contribution in [0.4, 0.5) is 17.1 Å². The highest BCUT2D eigenvalue weighted by atomic mass is 16.6. The highest BCUT2D eigenvalue weighted by Gasteiger charge is 2.27. The van der Waals surface area contributed by atoms with Gasteiger partial charge in [0.1, 0.15) is 19.3 Å². The molecule has 2 aromatic rings. The molecule has 2 aliphatic heterocycles. The van der Waals surface area contributed by atoms with Crippen molar-refractivity contribution in [2.24, 2.45) is 0 Å². The molecular weight excluding hydrogens is 330 g/mol. The lowest BCUT2D eigenvalue weighted by atomic mass is 9.98. The number of fused-ring (bicyclic) bond motifs is 2. The molecule has 4 rings (SSSR count). The Bertz CT molecular complexity index is 837. The van der Waals surface area contributed by atoms with E-state index in [1.165, 1.54) is 0 Å². The van der Waals surface area contributed by atoms with Gasteiger partial charge in [0.05, 0.1) is 0 Å². The van der Waals surface area contributed by atoms with E-state index in [0.29, 0.717) is 30.4 Å². The van der Waals surface area contributed by atoms with Gasteiger partial charge in [0, 0.05) is 29.7 Å². The quantitative estimate of drug-likeness (QED) is 0.830. The minimum Gasteiger partial charge on any atom is -0.486 e. The highest BCUT2D eigenvalue weighted by Crippen LogP contribution is 2.34. The Kier molecular flexibility index (Phi) is 4.32. The van der Waals surface area contributed by atoms with Gasteiger partial charge in [0.2, 0.25) is 5.91 Å². The molecule has 1 atom stereocenters. The number of nitrogens with zero attached hydrogens (tertiary/aromatic N) is 1. The predicted octanol–water partition coefficient (Wildman–Crippen LogP) is 2.82. The summed E-state index contributed by atoms with van der Waals surface area (Å²) >= 11 is 0. The Morgan fingerprint density at radius 1 is 1.19 bits per heavy atom. The van der Waals surface area contributed by atoms with E-state index in [4.69, 9.17) is 15.2 Å². The van der Waals surface area contributed by atoms with Gasteiger partial charge in [0.15, 0.2) is 11.5 Å². The van der Waals surface area contributed by atoms with E-state index in [2.05, 4.69) is 10.2 Å². The average Bonchev–Trinajstić information content (AvgIpc) is 2.67. The van der Waals surface area contributed by atoms with Crippen molar-refractivity contribution in [1.82, 2.24) is 0 Å². The smallest absolute Gasteiger partial charge is 0.246 e. The lowest BCUT2D eigenvalue weighted by Crippen LogP contribution is -2.44. The summed E-state index contributed by atoms with van der Waals surface area (Å²) in [5, 5.41) is 2.99. The average molecular weight is 353 g/mol. The second kappa shape index (κ2) is 6.78. The molecule has 0 saturated carbocycles. The number of nitrogens with one attached hydrogen (secondary N) is 1. The van der Waals surface area contributed by atoms with Crippen LogP contribution in [0.1, 0.15) is 18.9 Å². The van der Waals surface area contributed by atoms with E-state index in [9.17, 15) is 4.79 Å². The molecule has 0 saturated heterocycles. The molecule has 0 radical (unpaired) electrons. The molecular formula is C20H23N3O3. The third kappa shape index (κ3) is 3.03. The number of nitrogens with two attached hydrogens (primary N) is 1. The normalized spacial score (nSPS) is 16.6. The van der Waals surface area contributed by atoms with Crippen LogP contribution >= 0.6 is 0 Å². The fourth-order valence-electron chi connectivity index (χ4n) is 3.59. The Hall–Kier alpha value is -2.89. The monoisotopic (exact) mass is 353 g/mol. The van der Waals surface area contributed by atoms with Crippen molar-refractivity contribution in [1.29, 1.82) is 0 Å². The van der Waals surface area contributed by atoms with Crippen LogP contribution in [-0.4, -0.2) is 31.7 Å². The summed E-state index contributed by atoms with van der Waals surface area (Å²) in [5.41, 5.74) is 9.81. The molecule has 2 aliphatic rings. The van der Waals surface area contributed by atoms with Gasteiger partial charge in [-0.1, -0.05) is 6.07 Å². The second-order valence-electron chi connectivity index (χ2n) is 6.67. The Labute approximate surface area is 152 Å². The SMILES string of the molecule is CC(C(=O)Nc1ccc2c(c1)OCCO2)N1CCCc2c(N)cccc21. The molecule has 1 amide bonds. The molecule has 1 unspecified atom stereocenters. The molecule has 2 heterocycles. The zero-order valence-corrected chi connectivity index (χ0v) is 14.8. The third-order valence-corrected chi connectivity index (χ3v) is 4.98. The number of hydrogen-bond donors (Lipinski definition) is 2. The van der Waals surface area contributed by atoms with Gasteiger partial charge in [0.25, 0.3) is 0 Å². The first kappa shape index (κ1) is 16.6. The highest BCUT2D eigenvalue weighted by molar-refractivity contribution is 5.97. The van der Waals surface area contributed by atoms with Gasteiger partial charge < -0.3 is 25.4 Å². The minimum atomic E-state index is -0.302. The lowest BCUT2D eigenvalue weighted by Gasteiger charge is -2.36. The molecule has 6 nitrogen and oxygen atoms in total. The van der Waals surface area contributed by atoms with Crippen LogP contribution < -0.4 is 25.4 Å². The van der Waals surface area contributed by atoms with E-state index in [-0.39, 0.29) is 11.9 Å². The predicted molar refractivity (Wildman–Crippen MR) is 102 cm³/mol. The standard InChI is InChI=1S/C20H23N3O3/c1-13(23-9-3-4-15-16(21)5-2-6-17(15)23)20(24)22-14-7-8-18-19(12-14)26-11-10-25-18/h2,5-8,12-13H,3-4,9-11,21H2,1H3,(H,22,24). The summed E-state index contributed by atoms with van der Waals surface area (Å²) in [6.45, 7) is 3.83. The zero-order chi connectivity index (χ0) is 18.1. The number of nitrogen functional groups attached to an aromatic ring is 1. The first-order valence-corrected chi connectivity index (χ1v) is 8.98. The number of carbonyl (C=O) groups is 1. The van der Waals surface area contributed by atoms with Crippen LogP contribution in [0.5, 0.6) is 11.5 Å². The van der Waals surface area contributed by atoms with Crippen LogP contribution in [0.25, 0.3) is 0 Å². The van der Waals surface area contributed by atoms with Crippen LogP contribution in [-0.2, 0) is 11.2 Å². The Morgan fingerprint density at radius 3 is 2.85 bits per heavy atom. The van der Waals surface area contributed by atoms with Crippen LogP contribution in [0.15, 0.2) is 36.4 Å². The van der Waals surface area contributed by atoms with Gasteiger partial charge in [-0.05, 0) is 49.6 Å². The second-order valence-corrected chi connectivity index (χ2v) is 6.67. The maximum Gasteiger partial charge on any atom is 0.246 e. The number of ether oxygens (including phenoxy) is 2. The Balaban J connectivity index is 1.52. The minimum absolute atomic E-state index is 0.0584. The molecule has 26 heavy (non-hydrogen) atoms. The molecule has 0 spiro atoms. The van der Waals surface area contributed by atoms with Gasteiger partial charge in [-0.25, -0.2) is 0 Å². The van der Waals surface area contributed by atoms with Gasteiger partial charge in [-0.15, -0.1) is 0 Å². The zero-order valence-electron chi connectivity index (χ0n) is 14.8. The van der Waals surface area contributed by atoms with Crippen molar-refractivity contribution in [3.8, 4) is 11.5 Å². The van der Waals surface area contributed by atoms with Crippen LogP contribution in [0.2, 0.25) is 0 Å². The summed E-state index contributed by atoms with van der Waals surface area (Å²) in [4.78, 5) is 14.9. The first-order chi connectivity index (χ1) is 12.6. The summed E-state index contributed by atoms with van der Waals surface area (Å²) in [5.74, 6) is 1.32. The summed E-state index contributed by atoms with van der Waals surface area (Å²) in [6, 6.07) is 11.1. The number of hydrogen-bond acceptors (Lipinski definition) is 5. The number of benzene rings is 2. The van der Waals surface area contributed by atoms with E-state index in [1.54, 1.807) is 6.07 Å². The molecule has 2 aromatic carbocycles. The van der Waals surface area contributed by atoms with E-state index in [0.717, 1.165) is 36.3 Å². The summed E-state index contributed by atoms with van der Waals surface area (Å²) in [6.07, 6.45) is 1.94. The van der Waals surface area contributed by atoms with Crippen molar-refractivity contribution in [3.05, 3.63) is 42.0 Å². The topological polar surface area (TPSA) is 76.8 Å².